The maximum absolute atomic E-state index is 13.5. The van der Waals surface area contributed by atoms with Crippen LogP contribution in [0.4, 0.5) is 0 Å². The first-order valence-corrected chi connectivity index (χ1v) is 27.9. The van der Waals surface area contributed by atoms with E-state index in [4.69, 9.17) is 9.47 Å². The van der Waals surface area contributed by atoms with Gasteiger partial charge in [0.1, 0.15) is 36.2 Å². The molecule has 3 aliphatic rings. The van der Waals surface area contributed by atoms with E-state index in [1.54, 1.807) is 48.5 Å². The summed E-state index contributed by atoms with van der Waals surface area (Å²) in [5, 5.41) is 25.4. The molecule has 9 rings (SSSR count). The average Bonchev–Trinajstić information content (AvgIpc) is 3.71. The molecule has 10 nitrogen and oxygen atoms in total. The number of carbonyl (C=O) groups is 4. The zero-order valence-electron chi connectivity index (χ0n) is 43.9. The van der Waals surface area contributed by atoms with Crippen molar-refractivity contribution in [2.45, 2.75) is 144 Å². The second-order valence-corrected chi connectivity index (χ2v) is 27.3. The summed E-state index contributed by atoms with van der Waals surface area (Å²) in [5.41, 5.74) is 3.96. The van der Waals surface area contributed by atoms with Gasteiger partial charge in [-0.25, -0.2) is 0 Å². The summed E-state index contributed by atoms with van der Waals surface area (Å²) in [6, 6.07) is 30.0. The number of phenolic OH excluding ortho intramolecular Hbond substituents is 2. The van der Waals surface area contributed by atoms with E-state index in [0.29, 0.717) is 72.9 Å². The van der Waals surface area contributed by atoms with Gasteiger partial charge in [-0.05, 0) is 117 Å². The molecule has 14 heteroatoms. The molecule has 0 aliphatic carbocycles. The summed E-state index contributed by atoms with van der Waals surface area (Å²) in [5.74, 6) is -0.425. The molecular weight excluding hydrogens is 1000 g/mol. The quantitative estimate of drug-likeness (QED) is 0.140. The third-order valence-electron chi connectivity index (χ3n) is 13.3. The van der Waals surface area contributed by atoms with Crippen molar-refractivity contribution in [2.24, 2.45) is 0 Å². The minimum atomic E-state index is -0.374. The van der Waals surface area contributed by atoms with Crippen molar-refractivity contribution < 1.29 is 38.9 Å². The Morgan fingerprint density at radius 3 is 0.811 bits per heavy atom. The second-order valence-electron chi connectivity index (χ2n) is 23.0. The number of imide groups is 2. The van der Waals surface area contributed by atoms with Gasteiger partial charge in [-0.2, -0.15) is 0 Å². The smallest absolute Gasteiger partial charge is 0.261 e. The fraction of sp³-hybridized carbons (Fsp3) is 0.333. The molecule has 0 unspecified atom stereocenters. The minimum absolute atomic E-state index is 0.00429. The van der Waals surface area contributed by atoms with E-state index in [2.05, 4.69) is 107 Å². The van der Waals surface area contributed by atoms with Gasteiger partial charge < -0.3 is 19.7 Å². The van der Waals surface area contributed by atoms with Crippen LogP contribution in [-0.2, 0) is 21.7 Å². The first-order chi connectivity index (χ1) is 34.7. The van der Waals surface area contributed by atoms with E-state index in [0.717, 1.165) is 22.3 Å². The predicted molar refractivity (Wildman–Crippen MR) is 295 cm³/mol. The highest BCUT2D eigenvalue weighted by Gasteiger charge is 2.37. The Hall–Kier alpha value is -5.80. The SMILES string of the molecule is CC(C)(C)c1cc2c(O)c(c1)Sc1cc(C(C)(C)C)cc(c1OCCN1C(=O)c3ccccc3C1=O)Sc1cc(C(C)(C)C)cc(c1O)Sc1cc(C(C)(C)C)cc(c1OCCN1C(=O)c3ccccc3C1=O)S2. The summed E-state index contributed by atoms with van der Waals surface area (Å²) in [4.78, 5) is 61.7. The van der Waals surface area contributed by atoms with Crippen molar-refractivity contribution in [1.82, 2.24) is 9.80 Å². The lowest BCUT2D eigenvalue weighted by Crippen LogP contribution is -2.33. The summed E-state index contributed by atoms with van der Waals surface area (Å²) in [6.07, 6.45) is 0. The largest absolute Gasteiger partial charge is 0.506 e. The van der Waals surface area contributed by atoms with Gasteiger partial charge in [-0.15, -0.1) is 0 Å². The van der Waals surface area contributed by atoms with Gasteiger partial charge in [0.2, 0.25) is 0 Å². The van der Waals surface area contributed by atoms with E-state index in [1.165, 1.54) is 56.8 Å². The van der Waals surface area contributed by atoms with Crippen LogP contribution < -0.4 is 9.47 Å². The second kappa shape index (κ2) is 19.7. The van der Waals surface area contributed by atoms with E-state index in [1.807, 2.05) is 24.3 Å². The van der Waals surface area contributed by atoms with Crippen LogP contribution >= 0.6 is 47.0 Å². The highest BCUT2D eigenvalue weighted by molar-refractivity contribution is 8.01. The molecule has 0 fully saturated rings. The monoisotopic (exact) mass is 1070 g/mol. The van der Waals surface area contributed by atoms with Gasteiger partial charge in [-0.3, -0.25) is 29.0 Å². The topological polar surface area (TPSA) is 134 Å². The third kappa shape index (κ3) is 10.4. The molecule has 0 aromatic heterocycles. The van der Waals surface area contributed by atoms with Gasteiger partial charge in [0.25, 0.3) is 23.6 Å². The van der Waals surface area contributed by atoms with Crippen molar-refractivity contribution in [2.75, 3.05) is 26.3 Å². The van der Waals surface area contributed by atoms with Crippen LogP contribution in [0.3, 0.4) is 0 Å². The fourth-order valence-electron chi connectivity index (χ4n) is 8.79. The Morgan fingerprint density at radius 2 is 0.595 bits per heavy atom. The third-order valence-corrected chi connectivity index (χ3v) is 17.6. The normalized spacial score (nSPS) is 14.9. The Balaban J connectivity index is 1.23. The average molecular weight is 1070 g/mol. The van der Waals surface area contributed by atoms with Crippen molar-refractivity contribution in [3.8, 4) is 23.0 Å². The van der Waals surface area contributed by atoms with E-state index in [-0.39, 0.29) is 83.1 Å². The van der Waals surface area contributed by atoms with Gasteiger partial charge in [0.15, 0.2) is 0 Å². The van der Waals surface area contributed by atoms with Gasteiger partial charge >= 0.3 is 0 Å². The van der Waals surface area contributed by atoms with Crippen LogP contribution in [0.5, 0.6) is 23.0 Å². The number of nitrogens with zero attached hydrogens (tertiary/aromatic N) is 2. The number of ether oxygens (including phenoxy) is 2. The minimum Gasteiger partial charge on any atom is -0.506 e. The fourth-order valence-corrected chi connectivity index (χ4v) is 13.4. The standard InChI is InChI=1S/C60H62N2O8S4/c1-57(2,3)33-25-41-49(63)42(26-33)72-46-30-36(60(10,11)12)32-48(52(46)70-24-22-62-55(67)39-19-15-16-20-40(39)56(62)68)74-44-28-34(58(4,5)6)27-43(50(44)64)73-47-31-35(59(7,8)9)29-45(71-41)51(47)69-23-21-61-53(65)37-17-13-14-18-38(37)54(61)66/h13-20,25-32,63-64H,21-24H2,1-12H3. The maximum atomic E-state index is 13.5. The summed E-state index contributed by atoms with van der Waals surface area (Å²) < 4.78 is 13.7. The summed E-state index contributed by atoms with van der Waals surface area (Å²) >= 11 is 5.48. The Kier molecular flexibility index (Phi) is 14.1. The Morgan fingerprint density at radius 1 is 0.378 bits per heavy atom. The molecule has 0 saturated carbocycles. The number of hydrogen-bond acceptors (Lipinski definition) is 12. The summed E-state index contributed by atoms with van der Waals surface area (Å²) in [6.45, 7) is 25.6. The maximum Gasteiger partial charge on any atom is 0.261 e. The van der Waals surface area contributed by atoms with Crippen molar-refractivity contribution in [3.63, 3.8) is 0 Å². The zero-order valence-corrected chi connectivity index (χ0v) is 47.2. The number of hydrogen-bond donors (Lipinski definition) is 2. The van der Waals surface area contributed by atoms with E-state index < -0.39 is 0 Å². The molecule has 74 heavy (non-hydrogen) atoms. The Labute approximate surface area is 451 Å². The molecule has 0 saturated heterocycles. The molecule has 4 amide bonds. The molecule has 384 valence electrons. The van der Waals surface area contributed by atoms with Crippen molar-refractivity contribution in [1.29, 1.82) is 0 Å². The van der Waals surface area contributed by atoms with Crippen LogP contribution in [0.1, 0.15) is 147 Å². The molecule has 3 aliphatic heterocycles. The number of rotatable bonds is 8. The van der Waals surface area contributed by atoms with Gasteiger partial charge in [-0.1, -0.05) is 154 Å². The Bertz CT molecular complexity index is 2920. The van der Waals surface area contributed by atoms with Crippen molar-refractivity contribution in [3.05, 3.63) is 142 Å². The van der Waals surface area contributed by atoms with Crippen LogP contribution in [0.2, 0.25) is 0 Å². The van der Waals surface area contributed by atoms with E-state index in [9.17, 15) is 29.4 Å². The highest BCUT2D eigenvalue weighted by Crippen LogP contribution is 2.56. The first-order valence-electron chi connectivity index (χ1n) is 24.7. The first kappa shape index (κ1) is 53.0. The van der Waals surface area contributed by atoms with Crippen LogP contribution in [0.15, 0.2) is 136 Å². The highest BCUT2D eigenvalue weighted by atomic mass is 32.2. The molecule has 8 bridgehead atoms. The van der Waals surface area contributed by atoms with Gasteiger partial charge in [0, 0.05) is 0 Å². The molecule has 6 aromatic rings. The number of carbonyl (C=O) groups excluding carboxylic acids is 4. The van der Waals surface area contributed by atoms with Crippen LogP contribution in [0, 0.1) is 0 Å². The molecule has 0 spiro atoms. The predicted octanol–water partition coefficient (Wildman–Crippen LogP) is 14.6. The number of phenols is 2. The zero-order chi connectivity index (χ0) is 53.4. The van der Waals surface area contributed by atoms with E-state index >= 15 is 0 Å². The molecule has 3 heterocycles. The lowest BCUT2D eigenvalue weighted by molar-refractivity contribution is 0.0615. The van der Waals surface area contributed by atoms with Crippen LogP contribution in [-0.4, -0.2) is 69.9 Å². The molecule has 0 atom stereocenters. The molecule has 6 aromatic carbocycles. The lowest BCUT2D eigenvalue weighted by Gasteiger charge is -2.27. The van der Waals surface area contributed by atoms with Crippen molar-refractivity contribution >= 4 is 70.7 Å². The number of amides is 4. The number of benzene rings is 6. The number of fused-ring (bicyclic) bond motifs is 10. The van der Waals surface area contributed by atoms with Gasteiger partial charge in [0.05, 0.1) is 74.5 Å². The lowest BCUT2D eigenvalue weighted by atomic mass is 9.87. The molecular formula is C60H62N2O8S4. The number of aromatic hydroxyl groups is 2. The summed E-state index contributed by atoms with van der Waals surface area (Å²) in [7, 11) is 0. The molecule has 0 radical (unpaired) electrons. The molecule has 2 N–H and O–H groups in total. The van der Waals surface area contributed by atoms with Crippen LogP contribution in [0.25, 0.3) is 0 Å².